The number of carbonyl (C=O) groups excluding carboxylic acids is 2. The largest absolute Gasteiger partial charge is 0.507 e. The number of aromatic hydroxyl groups is 3. The van der Waals surface area contributed by atoms with Gasteiger partial charge in [0.05, 0.1) is 0 Å². The van der Waals surface area contributed by atoms with Crippen molar-refractivity contribution < 1.29 is 24.9 Å². The van der Waals surface area contributed by atoms with Gasteiger partial charge in [-0.15, -0.1) is 0 Å². The highest BCUT2D eigenvalue weighted by atomic mass is 16.3. The second-order valence-corrected chi connectivity index (χ2v) is 15.7. The quantitative estimate of drug-likeness (QED) is 0.0630. The number of phenolic OH excluding ortho intramolecular Hbond substituents is 1. The van der Waals surface area contributed by atoms with Crippen LogP contribution < -0.4 is 10.7 Å². The topological polar surface area (TPSA) is 124 Å². The molecule has 272 valence electrons. The molecule has 2 rings (SSSR count). The number of aromatic nitrogens is 1. The Bertz CT molecular complexity index is 1230. The fraction of sp³-hybridized carbons (Fsp3) is 0.700. The molecule has 2 aromatic rings. The van der Waals surface area contributed by atoms with E-state index in [2.05, 4.69) is 17.7 Å². The van der Waals surface area contributed by atoms with Gasteiger partial charge in [-0.1, -0.05) is 132 Å². The van der Waals surface area contributed by atoms with E-state index in [0.717, 1.165) is 28.6 Å². The van der Waals surface area contributed by atoms with Gasteiger partial charge in [0, 0.05) is 41.3 Å². The van der Waals surface area contributed by atoms with Gasteiger partial charge in [0.15, 0.2) is 0 Å². The molecule has 8 nitrogen and oxygen atoms in total. The minimum atomic E-state index is -0.345. The first-order valence-electron chi connectivity index (χ1n) is 18.7. The van der Waals surface area contributed by atoms with E-state index in [4.69, 9.17) is 0 Å². The summed E-state index contributed by atoms with van der Waals surface area (Å²) in [6.45, 7) is 14.4. The van der Waals surface area contributed by atoms with E-state index in [1.165, 1.54) is 83.1 Å². The highest BCUT2D eigenvalue weighted by Gasteiger charge is 2.27. The molecule has 0 saturated heterocycles. The van der Waals surface area contributed by atoms with Crippen molar-refractivity contribution in [1.29, 1.82) is 0 Å². The summed E-state index contributed by atoms with van der Waals surface area (Å²) >= 11 is 0. The van der Waals surface area contributed by atoms with E-state index in [9.17, 15) is 24.9 Å². The molecular formula is C40H67N3O5. The molecule has 0 spiro atoms. The number of nitrogens with zero attached hydrogens (tertiary/aromatic N) is 1. The van der Waals surface area contributed by atoms with Crippen LogP contribution in [0.25, 0.3) is 0 Å². The summed E-state index contributed by atoms with van der Waals surface area (Å²) in [5.41, 5.74) is 4.81. The van der Waals surface area contributed by atoms with Crippen molar-refractivity contribution in [2.24, 2.45) is 0 Å². The summed E-state index contributed by atoms with van der Waals surface area (Å²) in [7, 11) is 0. The van der Waals surface area contributed by atoms with Crippen LogP contribution in [0.4, 0.5) is 5.69 Å². The van der Waals surface area contributed by atoms with E-state index in [-0.39, 0.29) is 53.0 Å². The van der Waals surface area contributed by atoms with Crippen LogP contribution in [0.1, 0.15) is 181 Å². The molecule has 0 bridgehead atoms. The van der Waals surface area contributed by atoms with Crippen LogP contribution >= 0.6 is 0 Å². The third kappa shape index (κ3) is 14.5. The first kappa shape index (κ1) is 41.0. The molecular weight excluding hydrogens is 602 g/mol. The number of anilines is 1. The summed E-state index contributed by atoms with van der Waals surface area (Å²) in [5, 5.41) is 34.8. The molecule has 0 aliphatic carbocycles. The lowest BCUT2D eigenvalue weighted by molar-refractivity contribution is -0.118. The molecule has 0 aliphatic rings. The second-order valence-electron chi connectivity index (χ2n) is 15.7. The SMILES string of the molecule is CCCCCCCCCCCCCCCCc1cc(O)n(NC(=O)CCCCC(=O)Nc2cc(C(C)(C)C)c(O)c(C(C)(C)C)c2)c1O. The molecule has 1 aromatic heterocycles. The molecule has 0 atom stereocenters. The van der Waals surface area contributed by atoms with Gasteiger partial charge in [-0.05, 0) is 48.6 Å². The average Bonchev–Trinajstić information content (AvgIpc) is 3.26. The Hall–Kier alpha value is -3.16. The Kier molecular flexibility index (Phi) is 17.4. The van der Waals surface area contributed by atoms with Crippen LogP contribution in [-0.4, -0.2) is 31.8 Å². The molecule has 8 heteroatoms. The maximum atomic E-state index is 12.7. The summed E-state index contributed by atoms with van der Waals surface area (Å²) in [6.07, 6.45) is 19.9. The number of nitrogens with one attached hydrogen (secondary N) is 2. The van der Waals surface area contributed by atoms with Crippen molar-refractivity contribution in [3.63, 3.8) is 0 Å². The van der Waals surface area contributed by atoms with Crippen molar-refractivity contribution in [3.8, 4) is 17.5 Å². The van der Waals surface area contributed by atoms with Crippen molar-refractivity contribution in [3.05, 3.63) is 34.9 Å². The summed E-state index contributed by atoms with van der Waals surface area (Å²) < 4.78 is 1.04. The Labute approximate surface area is 291 Å². The van der Waals surface area contributed by atoms with Gasteiger partial charge in [-0.3, -0.25) is 15.0 Å². The third-order valence-electron chi connectivity index (χ3n) is 9.13. The molecule has 0 fully saturated rings. The molecule has 2 amide bonds. The van der Waals surface area contributed by atoms with Crippen LogP contribution in [-0.2, 0) is 26.8 Å². The average molecular weight is 670 g/mol. The molecule has 1 heterocycles. The normalized spacial score (nSPS) is 12.0. The van der Waals surface area contributed by atoms with E-state index < -0.39 is 0 Å². The van der Waals surface area contributed by atoms with Crippen LogP contribution in [0.2, 0.25) is 0 Å². The summed E-state index contributed by atoms with van der Waals surface area (Å²) in [6, 6.07) is 5.18. The number of phenols is 1. The van der Waals surface area contributed by atoms with Crippen LogP contribution in [0, 0.1) is 0 Å². The number of hydrogen-bond acceptors (Lipinski definition) is 5. The minimum Gasteiger partial charge on any atom is -0.507 e. The van der Waals surface area contributed by atoms with Gasteiger partial charge in [-0.25, -0.2) is 0 Å². The van der Waals surface area contributed by atoms with Crippen molar-refractivity contribution in [2.75, 3.05) is 10.7 Å². The molecule has 1 aromatic carbocycles. The van der Waals surface area contributed by atoms with Crippen LogP contribution in [0.5, 0.6) is 17.5 Å². The number of amides is 2. The zero-order valence-corrected chi connectivity index (χ0v) is 31.3. The predicted octanol–water partition coefficient (Wildman–Crippen LogP) is 10.5. The maximum absolute atomic E-state index is 12.7. The first-order valence-corrected chi connectivity index (χ1v) is 18.7. The molecule has 0 radical (unpaired) electrons. The van der Waals surface area contributed by atoms with Gasteiger partial charge in [-0.2, -0.15) is 4.68 Å². The second kappa shape index (κ2) is 20.4. The molecule has 0 unspecified atom stereocenters. The van der Waals surface area contributed by atoms with Crippen molar-refractivity contribution >= 4 is 17.5 Å². The predicted molar refractivity (Wildman–Crippen MR) is 199 cm³/mol. The molecule has 5 N–H and O–H groups in total. The van der Waals surface area contributed by atoms with E-state index in [1.54, 1.807) is 0 Å². The number of unbranched alkanes of at least 4 members (excludes halogenated alkanes) is 14. The summed E-state index contributed by atoms with van der Waals surface area (Å²) in [5.74, 6) is -0.565. The Morgan fingerprint density at radius 2 is 1.06 bits per heavy atom. The monoisotopic (exact) mass is 670 g/mol. The Balaban J connectivity index is 1.68. The molecule has 0 aliphatic heterocycles. The third-order valence-corrected chi connectivity index (χ3v) is 9.13. The smallest absolute Gasteiger partial charge is 0.238 e. The van der Waals surface area contributed by atoms with Gasteiger partial charge in [0.2, 0.25) is 23.6 Å². The standard InChI is InChI=1S/C40H67N3O5/c1-8-9-10-11-12-13-14-15-16-17-18-19-20-21-24-30-27-36(46)43(38(30)48)42-35(45)26-23-22-25-34(44)41-31-28-32(39(2,3)4)37(47)33(29-31)40(5,6)7/h27-29,46-48H,8-26H2,1-7H3,(H,41,44)(H,42,45). The fourth-order valence-corrected chi connectivity index (χ4v) is 6.17. The minimum absolute atomic E-state index is 0.131. The number of aryl methyl sites for hydroxylation is 1. The number of rotatable bonds is 22. The van der Waals surface area contributed by atoms with Gasteiger partial charge in [0.1, 0.15) is 5.75 Å². The van der Waals surface area contributed by atoms with Crippen LogP contribution in [0.15, 0.2) is 18.2 Å². The van der Waals surface area contributed by atoms with E-state index >= 15 is 0 Å². The zero-order chi connectivity index (χ0) is 35.7. The lowest BCUT2D eigenvalue weighted by atomic mass is 9.79. The highest BCUT2D eigenvalue weighted by molar-refractivity contribution is 5.91. The molecule has 0 saturated carbocycles. The van der Waals surface area contributed by atoms with Gasteiger partial charge >= 0.3 is 0 Å². The lowest BCUT2D eigenvalue weighted by Gasteiger charge is -2.28. The van der Waals surface area contributed by atoms with E-state index in [0.29, 0.717) is 30.5 Å². The highest BCUT2D eigenvalue weighted by Crippen LogP contribution is 2.41. The summed E-state index contributed by atoms with van der Waals surface area (Å²) in [4.78, 5) is 25.3. The van der Waals surface area contributed by atoms with Gasteiger partial charge in [0.25, 0.3) is 0 Å². The van der Waals surface area contributed by atoms with Crippen molar-refractivity contribution in [2.45, 2.75) is 181 Å². The van der Waals surface area contributed by atoms with Crippen molar-refractivity contribution in [1.82, 2.24) is 4.68 Å². The van der Waals surface area contributed by atoms with E-state index in [1.807, 2.05) is 53.7 Å². The Morgan fingerprint density at radius 3 is 1.52 bits per heavy atom. The fourth-order valence-electron chi connectivity index (χ4n) is 6.17. The maximum Gasteiger partial charge on any atom is 0.238 e. The number of carbonyl (C=O) groups is 2. The first-order chi connectivity index (χ1) is 22.6. The number of hydrogen-bond donors (Lipinski definition) is 5. The van der Waals surface area contributed by atoms with Gasteiger partial charge < -0.3 is 20.6 Å². The Morgan fingerprint density at radius 1 is 0.625 bits per heavy atom. The zero-order valence-electron chi connectivity index (χ0n) is 31.3. The lowest BCUT2D eigenvalue weighted by Crippen LogP contribution is -2.22. The number of benzene rings is 1. The molecule has 48 heavy (non-hydrogen) atoms. The van der Waals surface area contributed by atoms with Crippen LogP contribution in [0.3, 0.4) is 0 Å².